The van der Waals surface area contributed by atoms with Gasteiger partial charge in [-0.05, 0) is 26.0 Å². The molecular formula is C18H21N2O4+. The summed E-state index contributed by atoms with van der Waals surface area (Å²) >= 11 is 0. The first-order valence-corrected chi connectivity index (χ1v) is 7.92. The zero-order chi connectivity index (χ0) is 17.4. The van der Waals surface area contributed by atoms with Gasteiger partial charge < -0.3 is 19.1 Å². The molecule has 1 aromatic carbocycles. The Labute approximate surface area is 140 Å². The lowest BCUT2D eigenvalue weighted by Gasteiger charge is -2.05. The molecule has 0 atom stereocenters. The lowest BCUT2D eigenvalue weighted by Crippen LogP contribution is -2.09. The third-order valence-corrected chi connectivity index (χ3v) is 4.06. The largest absolute Gasteiger partial charge is 0.476 e. The standard InChI is InChI=1S/C18H20N2O4/c1-5-23-17(21)15-13-8-14-12(7-11(13)9-19(15)3)10-20(4)16(14)18(22)24-6-2/h7-10H,5-6H2,1-4H3/p+1. The van der Waals surface area contributed by atoms with E-state index in [-0.39, 0.29) is 11.9 Å². The summed E-state index contributed by atoms with van der Waals surface area (Å²) in [5.74, 6) is -0.479. The Bertz CT molecular complexity index is 890. The highest BCUT2D eigenvalue weighted by Gasteiger charge is 2.31. The molecule has 1 aromatic heterocycles. The van der Waals surface area contributed by atoms with E-state index in [1.165, 1.54) is 0 Å². The van der Waals surface area contributed by atoms with E-state index < -0.39 is 0 Å². The number of benzene rings is 1. The van der Waals surface area contributed by atoms with Crippen LogP contribution >= 0.6 is 0 Å². The van der Waals surface area contributed by atoms with Gasteiger partial charge in [0.2, 0.25) is 0 Å². The van der Waals surface area contributed by atoms with Gasteiger partial charge in [0.05, 0.1) is 24.3 Å². The van der Waals surface area contributed by atoms with Gasteiger partial charge in [-0.2, -0.15) is 4.58 Å². The third-order valence-electron chi connectivity index (χ3n) is 4.06. The number of esters is 1. The van der Waals surface area contributed by atoms with E-state index in [2.05, 4.69) is 0 Å². The summed E-state index contributed by atoms with van der Waals surface area (Å²) in [5.41, 5.74) is 2.88. The Morgan fingerprint density at radius 1 is 1.25 bits per heavy atom. The number of carbonyl (C=O) groups is 1. The van der Waals surface area contributed by atoms with Crippen LogP contribution in [0.3, 0.4) is 0 Å². The Morgan fingerprint density at radius 3 is 2.62 bits per heavy atom. The molecule has 0 radical (unpaired) electrons. The number of hydrogen-bond acceptors (Lipinski definition) is 4. The number of hydrogen-bond donors (Lipinski definition) is 1. The summed E-state index contributed by atoms with van der Waals surface area (Å²) in [7, 11) is 3.67. The van der Waals surface area contributed by atoms with Gasteiger partial charge in [-0.25, -0.2) is 4.79 Å². The van der Waals surface area contributed by atoms with Gasteiger partial charge in [0, 0.05) is 24.0 Å². The minimum absolute atomic E-state index is 0.122. The number of carbonyl (C=O) groups excluding carboxylic acids is 1. The quantitative estimate of drug-likeness (QED) is 0.532. The van der Waals surface area contributed by atoms with Gasteiger partial charge in [0.15, 0.2) is 6.21 Å². The van der Waals surface area contributed by atoms with Crippen molar-refractivity contribution < 1.29 is 24.0 Å². The Kier molecular flexibility index (Phi) is 4.05. The second-order valence-electron chi connectivity index (χ2n) is 5.66. The third kappa shape index (κ3) is 2.44. The second-order valence-corrected chi connectivity index (χ2v) is 5.66. The van der Waals surface area contributed by atoms with Crippen molar-refractivity contribution in [2.75, 3.05) is 20.3 Å². The molecule has 0 unspecified atom stereocenters. The zero-order valence-corrected chi connectivity index (χ0v) is 14.3. The SMILES string of the molecule is CCOC(=O)c1c2cc3c(cc2cn1C)C=[N+](C)/C3=C(/O)OCC. The van der Waals surface area contributed by atoms with Crippen molar-refractivity contribution in [1.29, 1.82) is 0 Å². The summed E-state index contributed by atoms with van der Waals surface area (Å²) in [6.45, 7) is 4.30. The number of aryl methyl sites for hydroxylation is 1. The predicted molar refractivity (Wildman–Crippen MR) is 91.4 cm³/mol. The van der Waals surface area contributed by atoms with Crippen LogP contribution in [0.5, 0.6) is 0 Å². The van der Waals surface area contributed by atoms with E-state index >= 15 is 0 Å². The Hall–Kier alpha value is -2.76. The van der Waals surface area contributed by atoms with Gasteiger partial charge >= 0.3 is 11.9 Å². The molecule has 24 heavy (non-hydrogen) atoms. The van der Waals surface area contributed by atoms with Crippen LogP contribution in [-0.2, 0) is 16.5 Å². The number of fused-ring (bicyclic) bond motifs is 2. The summed E-state index contributed by atoms with van der Waals surface area (Å²) in [5, 5.41) is 11.9. The predicted octanol–water partition coefficient (Wildman–Crippen LogP) is 2.65. The second kappa shape index (κ2) is 6.03. The van der Waals surface area contributed by atoms with Crippen LogP contribution in [0.2, 0.25) is 0 Å². The van der Waals surface area contributed by atoms with Crippen molar-refractivity contribution in [2.24, 2.45) is 7.05 Å². The minimum atomic E-state index is -0.357. The number of ether oxygens (including phenoxy) is 2. The molecule has 0 saturated carbocycles. The van der Waals surface area contributed by atoms with Crippen LogP contribution in [0, 0.1) is 0 Å². The van der Waals surface area contributed by atoms with Crippen LogP contribution in [-0.4, -0.2) is 46.7 Å². The fourth-order valence-corrected chi connectivity index (χ4v) is 3.11. The highest BCUT2D eigenvalue weighted by molar-refractivity contribution is 6.07. The molecule has 0 spiro atoms. The van der Waals surface area contributed by atoms with E-state index in [0.717, 1.165) is 21.9 Å². The Morgan fingerprint density at radius 2 is 1.96 bits per heavy atom. The van der Waals surface area contributed by atoms with Crippen molar-refractivity contribution in [3.63, 3.8) is 0 Å². The molecule has 0 saturated heterocycles. The monoisotopic (exact) mass is 329 g/mol. The number of aliphatic hydroxyl groups is 1. The van der Waals surface area contributed by atoms with Crippen LogP contribution in [0.1, 0.15) is 35.5 Å². The molecule has 1 aliphatic rings. The molecule has 126 valence electrons. The van der Waals surface area contributed by atoms with Crippen molar-refractivity contribution >= 4 is 28.7 Å². The highest BCUT2D eigenvalue weighted by atomic mass is 16.6. The van der Waals surface area contributed by atoms with E-state index in [1.807, 2.05) is 50.1 Å². The first kappa shape index (κ1) is 16.1. The first-order valence-electron chi connectivity index (χ1n) is 7.92. The molecule has 0 bridgehead atoms. The fourth-order valence-electron chi connectivity index (χ4n) is 3.11. The number of rotatable bonds is 4. The average Bonchev–Trinajstić information content (AvgIpc) is 2.99. The summed E-state index contributed by atoms with van der Waals surface area (Å²) in [6.07, 6.45) is 3.83. The maximum absolute atomic E-state index is 12.3. The van der Waals surface area contributed by atoms with Crippen molar-refractivity contribution in [2.45, 2.75) is 13.8 Å². The van der Waals surface area contributed by atoms with E-state index in [0.29, 0.717) is 24.6 Å². The summed E-state index contributed by atoms with van der Waals surface area (Å²) < 4.78 is 14.0. The maximum atomic E-state index is 12.3. The maximum Gasteiger partial charge on any atom is 0.355 e. The topological polar surface area (TPSA) is 63.7 Å². The van der Waals surface area contributed by atoms with Crippen molar-refractivity contribution in [3.05, 3.63) is 41.1 Å². The van der Waals surface area contributed by atoms with Gasteiger partial charge in [-0.3, -0.25) is 0 Å². The molecule has 6 nitrogen and oxygen atoms in total. The molecule has 2 heterocycles. The zero-order valence-electron chi connectivity index (χ0n) is 14.3. The van der Waals surface area contributed by atoms with Crippen LogP contribution in [0.15, 0.2) is 24.3 Å². The number of aromatic nitrogens is 1. The fraction of sp³-hybridized carbons (Fsp3) is 0.333. The first-order chi connectivity index (χ1) is 11.5. The van der Waals surface area contributed by atoms with Gasteiger partial charge in [-0.15, -0.1) is 0 Å². The minimum Gasteiger partial charge on any atom is -0.476 e. The number of aliphatic hydroxyl groups excluding tert-OH is 1. The van der Waals surface area contributed by atoms with Crippen molar-refractivity contribution in [1.82, 2.24) is 4.57 Å². The Balaban J connectivity index is 2.22. The lowest BCUT2D eigenvalue weighted by atomic mass is 10.0. The molecule has 3 rings (SSSR count). The molecule has 0 aliphatic carbocycles. The van der Waals surface area contributed by atoms with Crippen LogP contribution < -0.4 is 0 Å². The normalized spacial score (nSPS) is 15.2. The average molecular weight is 329 g/mol. The number of nitrogens with zero attached hydrogens (tertiary/aromatic N) is 2. The van der Waals surface area contributed by atoms with Crippen LogP contribution in [0.25, 0.3) is 16.5 Å². The molecular weight excluding hydrogens is 308 g/mol. The summed E-state index contributed by atoms with van der Waals surface area (Å²) in [4.78, 5) is 12.3. The molecule has 0 fully saturated rings. The molecule has 6 heteroatoms. The van der Waals surface area contributed by atoms with E-state index in [4.69, 9.17) is 9.47 Å². The highest BCUT2D eigenvalue weighted by Crippen LogP contribution is 2.33. The molecule has 1 N–H and O–H groups in total. The van der Waals surface area contributed by atoms with Crippen molar-refractivity contribution in [3.8, 4) is 0 Å². The smallest absolute Gasteiger partial charge is 0.355 e. The van der Waals surface area contributed by atoms with Gasteiger partial charge in [0.1, 0.15) is 12.7 Å². The molecule has 0 amide bonds. The molecule has 1 aliphatic heterocycles. The summed E-state index contributed by atoms with van der Waals surface area (Å²) in [6, 6.07) is 3.90. The van der Waals surface area contributed by atoms with E-state index in [9.17, 15) is 9.90 Å². The van der Waals surface area contributed by atoms with Gasteiger partial charge in [0.25, 0.3) is 5.70 Å². The lowest BCUT2D eigenvalue weighted by molar-refractivity contribution is -0.390. The molecule has 2 aromatic rings. The van der Waals surface area contributed by atoms with Gasteiger partial charge in [-0.1, -0.05) is 0 Å². The van der Waals surface area contributed by atoms with E-state index in [1.54, 1.807) is 11.5 Å². The van der Waals surface area contributed by atoms with Crippen LogP contribution in [0.4, 0.5) is 0 Å².